The lowest BCUT2D eigenvalue weighted by molar-refractivity contribution is -0.117. The van der Waals surface area contributed by atoms with E-state index in [0.717, 1.165) is 11.1 Å². The van der Waals surface area contributed by atoms with Crippen LogP contribution in [-0.4, -0.2) is 20.4 Å². The van der Waals surface area contributed by atoms with Gasteiger partial charge in [0, 0.05) is 5.69 Å². The van der Waals surface area contributed by atoms with Crippen LogP contribution in [0.15, 0.2) is 102 Å². The summed E-state index contributed by atoms with van der Waals surface area (Å²) in [6, 6.07) is 28.3. The molecule has 0 aromatic heterocycles. The van der Waals surface area contributed by atoms with E-state index in [1.54, 1.807) is 38.1 Å². The first-order chi connectivity index (χ1) is 17.7. The second kappa shape index (κ2) is 11.4. The van der Waals surface area contributed by atoms with Crippen LogP contribution in [-0.2, 0) is 21.2 Å². The summed E-state index contributed by atoms with van der Waals surface area (Å²) < 4.78 is 35.4. The summed E-state index contributed by atoms with van der Waals surface area (Å²) in [6.07, 6.45) is 0.199. The summed E-state index contributed by atoms with van der Waals surface area (Å²) in [5.74, 6) is 0.876. The van der Waals surface area contributed by atoms with E-state index < -0.39 is 22.0 Å². The third-order valence-corrected chi connectivity index (χ3v) is 7.65. The van der Waals surface area contributed by atoms with E-state index in [2.05, 4.69) is 10.0 Å². The first-order valence-electron chi connectivity index (χ1n) is 12.0. The smallest absolute Gasteiger partial charge is 0.242 e. The Kier molecular flexibility index (Phi) is 8.06. The number of hydrogen-bond donors (Lipinski definition) is 2. The highest BCUT2D eigenvalue weighted by atomic mass is 32.2. The van der Waals surface area contributed by atoms with E-state index in [-0.39, 0.29) is 11.3 Å². The van der Waals surface area contributed by atoms with Crippen LogP contribution >= 0.6 is 0 Å². The fourth-order valence-electron chi connectivity index (χ4n) is 4.33. The summed E-state index contributed by atoms with van der Waals surface area (Å²) in [6.45, 7) is 5.45. The molecule has 4 aromatic rings. The van der Waals surface area contributed by atoms with Gasteiger partial charge in [-0.2, -0.15) is 4.72 Å². The normalized spacial score (nSPS) is 12.1. The minimum absolute atomic E-state index is 0.199. The molecule has 1 atom stereocenters. The zero-order chi connectivity index (χ0) is 26.4. The Bertz CT molecular complexity index is 1450. The molecule has 1 amide bonds. The molecule has 0 fully saturated rings. The molecule has 37 heavy (non-hydrogen) atoms. The highest BCUT2D eigenvalue weighted by molar-refractivity contribution is 7.89. The Morgan fingerprint density at radius 3 is 1.92 bits per heavy atom. The number of aryl methyl sites for hydroxylation is 3. The third-order valence-electron chi connectivity index (χ3n) is 5.87. The molecule has 6 nitrogen and oxygen atoms in total. The van der Waals surface area contributed by atoms with Crippen LogP contribution in [0.5, 0.6) is 11.5 Å². The molecule has 0 aliphatic heterocycles. The summed E-state index contributed by atoms with van der Waals surface area (Å²) in [5.41, 5.74) is 3.63. The molecule has 0 spiro atoms. The fourth-order valence-corrected chi connectivity index (χ4v) is 5.98. The van der Waals surface area contributed by atoms with Crippen LogP contribution in [0.2, 0.25) is 0 Å². The third kappa shape index (κ3) is 6.84. The topological polar surface area (TPSA) is 84.5 Å². The van der Waals surface area contributed by atoms with Gasteiger partial charge >= 0.3 is 0 Å². The first kappa shape index (κ1) is 26.1. The van der Waals surface area contributed by atoms with Crippen LogP contribution in [0.25, 0.3) is 0 Å². The largest absolute Gasteiger partial charge is 0.457 e. The van der Waals surface area contributed by atoms with Gasteiger partial charge in [0.1, 0.15) is 17.5 Å². The minimum atomic E-state index is -3.97. The average Bonchev–Trinajstić information content (AvgIpc) is 2.85. The maximum Gasteiger partial charge on any atom is 0.242 e. The van der Waals surface area contributed by atoms with Crippen molar-refractivity contribution in [3.8, 4) is 11.5 Å². The lowest BCUT2D eigenvalue weighted by Crippen LogP contribution is -2.45. The molecular formula is C30H30N2O4S. The van der Waals surface area contributed by atoms with Crippen molar-refractivity contribution in [2.75, 3.05) is 5.32 Å². The number of benzene rings is 4. The summed E-state index contributed by atoms with van der Waals surface area (Å²) >= 11 is 0. The Labute approximate surface area is 218 Å². The molecule has 0 bridgehead atoms. The highest BCUT2D eigenvalue weighted by Crippen LogP contribution is 2.24. The minimum Gasteiger partial charge on any atom is -0.457 e. The number of carbonyl (C=O) groups is 1. The van der Waals surface area contributed by atoms with E-state index in [9.17, 15) is 13.2 Å². The van der Waals surface area contributed by atoms with Gasteiger partial charge in [0.2, 0.25) is 15.9 Å². The molecule has 0 saturated carbocycles. The molecule has 0 aliphatic carbocycles. The van der Waals surface area contributed by atoms with Gasteiger partial charge in [0.25, 0.3) is 0 Å². The van der Waals surface area contributed by atoms with Crippen LogP contribution < -0.4 is 14.8 Å². The zero-order valence-corrected chi connectivity index (χ0v) is 21.9. The molecular weight excluding hydrogens is 484 g/mol. The SMILES string of the molecule is Cc1cc(C)c(S(=O)(=O)N[C@H](Cc2ccccc2)C(=O)Nc2ccc(Oc3ccccc3)cc2)c(C)c1. The van der Waals surface area contributed by atoms with Crippen molar-refractivity contribution < 1.29 is 17.9 Å². The van der Waals surface area contributed by atoms with Gasteiger partial charge in [-0.05, 0) is 80.3 Å². The Morgan fingerprint density at radius 2 is 1.32 bits per heavy atom. The monoisotopic (exact) mass is 514 g/mol. The Hall–Kier alpha value is -3.94. The van der Waals surface area contributed by atoms with Gasteiger partial charge in [-0.3, -0.25) is 4.79 Å². The fraction of sp³-hybridized carbons (Fsp3) is 0.167. The van der Waals surface area contributed by atoms with E-state index in [1.165, 1.54) is 0 Å². The average molecular weight is 515 g/mol. The van der Waals surface area contributed by atoms with E-state index in [1.807, 2.05) is 79.7 Å². The maximum absolute atomic E-state index is 13.5. The molecule has 0 saturated heterocycles. The number of anilines is 1. The number of hydrogen-bond acceptors (Lipinski definition) is 4. The summed E-state index contributed by atoms with van der Waals surface area (Å²) in [5, 5.41) is 2.84. The van der Waals surface area contributed by atoms with Crippen molar-refractivity contribution in [3.63, 3.8) is 0 Å². The lowest BCUT2D eigenvalue weighted by Gasteiger charge is -2.21. The second-order valence-electron chi connectivity index (χ2n) is 9.02. The molecule has 4 rings (SSSR count). The van der Waals surface area contributed by atoms with E-state index >= 15 is 0 Å². The number of nitrogens with one attached hydrogen (secondary N) is 2. The quantitative estimate of drug-likeness (QED) is 0.290. The standard InChI is InChI=1S/C30H30N2O4S/c1-21-18-22(2)29(23(3)19-21)37(34,35)32-28(20-24-10-6-4-7-11-24)30(33)31-25-14-16-27(17-15-25)36-26-12-8-5-9-13-26/h4-19,28,32H,20H2,1-3H3,(H,31,33)/t28-/m1/s1. The molecule has 2 N–H and O–H groups in total. The zero-order valence-electron chi connectivity index (χ0n) is 21.1. The number of rotatable bonds is 9. The van der Waals surface area contributed by atoms with Gasteiger partial charge in [-0.15, -0.1) is 0 Å². The maximum atomic E-state index is 13.5. The molecule has 0 heterocycles. The van der Waals surface area contributed by atoms with Crippen molar-refractivity contribution in [1.29, 1.82) is 0 Å². The summed E-state index contributed by atoms with van der Waals surface area (Å²) in [7, 11) is -3.97. The van der Waals surface area contributed by atoms with Crippen molar-refractivity contribution in [3.05, 3.63) is 119 Å². The van der Waals surface area contributed by atoms with Crippen molar-refractivity contribution in [1.82, 2.24) is 4.72 Å². The van der Waals surface area contributed by atoms with Gasteiger partial charge in [-0.1, -0.05) is 66.2 Å². The van der Waals surface area contributed by atoms with Crippen molar-refractivity contribution in [2.45, 2.75) is 38.1 Å². The predicted octanol–water partition coefficient (Wildman–Crippen LogP) is 5.93. The van der Waals surface area contributed by atoms with Crippen LogP contribution in [0, 0.1) is 20.8 Å². The van der Waals surface area contributed by atoms with Crippen molar-refractivity contribution in [2.24, 2.45) is 0 Å². The van der Waals surface area contributed by atoms with Gasteiger partial charge in [0.05, 0.1) is 4.90 Å². The van der Waals surface area contributed by atoms with Gasteiger partial charge in [0.15, 0.2) is 0 Å². The summed E-state index contributed by atoms with van der Waals surface area (Å²) in [4.78, 5) is 13.6. The van der Waals surface area contributed by atoms with E-state index in [0.29, 0.717) is 28.3 Å². The van der Waals surface area contributed by atoms with Gasteiger partial charge in [-0.25, -0.2) is 8.42 Å². The second-order valence-corrected chi connectivity index (χ2v) is 10.7. The Morgan fingerprint density at radius 1 is 0.784 bits per heavy atom. The number of amides is 1. The van der Waals surface area contributed by atoms with Crippen LogP contribution in [0.4, 0.5) is 5.69 Å². The number of para-hydroxylation sites is 1. The van der Waals surface area contributed by atoms with Crippen LogP contribution in [0.1, 0.15) is 22.3 Å². The molecule has 0 aliphatic rings. The molecule has 0 unspecified atom stereocenters. The molecule has 0 radical (unpaired) electrons. The van der Waals surface area contributed by atoms with Gasteiger partial charge < -0.3 is 10.1 Å². The predicted molar refractivity (Wildman–Crippen MR) is 146 cm³/mol. The van der Waals surface area contributed by atoms with Crippen molar-refractivity contribution >= 4 is 21.6 Å². The Balaban J connectivity index is 1.55. The first-order valence-corrected chi connectivity index (χ1v) is 13.5. The molecule has 4 aromatic carbocycles. The lowest BCUT2D eigenvalue weighted by atomic mass is 10.1. The molecule has 7 heteroatoms. The molecule has 190 valence electrons. The number of ether oxygens (including phenoxy) is 1. The highest BCUT2D eigenvalue weighted by Gasteiger charge is 2.28. The van der Waals surface area contributed by atoms with E-state index in [4.69, 9.17) is 4.74 Å². The number of carbonyl (C=O) groups excluding carboxylic acids is 1. The number of sulfonamides is 1. The van der Waals surface area contributed by atoms with Crippen LogP contribution in [0.3, 0.4) is 0 Å².